The summed E-state index contributed by atoms with van der Waals surface area (Å²) in [5, 5.41) is 8.61. The molecule has 0 aliphatic rings. The van der Waals surface area contributed by atoms with Gasteiger partial charge in [0.1, 0.15) is 5.56 Å². The van der Waals surface area contributed by atoms with Crippen molar-refractivity contribution in [2.24, 2.45) is 0 Å². The van der Waals surface area contributed by atoms with Crippen molar-refractivity contribution in [1.29, 1.82) is 0 Å². The maximum absolute atomic E-state index is 12.6. The van der Waals surface area contributed by atoms with E-state index in [1.807, 2.05) is 0 Å². The van der Waals surface area contributed by atoms with Crippen LogP contribution >= 0.6 is 22.6 Å². The molecule has 0 bridgehead atoms. The van der Waals surface area contributed by atoms with Crippen LogP contribution in [-0.4, -0.2) is 16.1 Å². The molecular weight excluding hydrogens is 364 g/mol. The highest BCUT2D eigenvalue weighted by Gasteiger charge is 2.40. The lowest BCUT2D eigenvalue weighted by Crippen LogP contribution is -2.19. The Hall–Kier alpha value is -1.00. The lowest BCUT2D eigenvalue weighted by atomic mass is 10.1. The van der Waals surface area contributed by atoms with Gasteiger partial charge in [-0.2, -0.15) is 13.2 Å². The van der Waals surface area contributed by atoms with E-state index < -0.39 is 35.4 Å². The molecule has 0 saturated heterocycles. The first-order valence-electron chi connectivity index (χ1n) is 3.93. The van der Waals surface area contributed by atoms with Crippen molar-refractivity contribution >= 4 is 28.6 Å². The summed E-state index contributed by atoms with van der Waals surface area (Å²) >= 11 is 1.31. The van der Waals surface area contributed by atoms with Crippen molar-refractivity contribution in [1.82, 2.24) is 4.98 Å². The molecule has 1 N–H and O–H groups in total. The number of aromatic carboxylic acids is 1. The van der Waals surface area contributed by atoms with Crippen LogP contribution in [0.4, 0.5) is 22.0 Å². The third-order valence-corrected chi connectivity index (χ3v) is 2.63. The first-order valence-corrected chi connectivity index (χ1v) is 5.01. The molecule has 94 valence electrons. The molecule has 0 spiro atoms. The van der Waals surface area contributed by atoms with Gasteiger partial charge < -0.3 is 5.11 Å². The van der Waals surface area contributed by atoms with Crippen LogP contribution in [0.3, 0.4) is 0 Å². The molecule has 0 unspecified atom stereocenters. The van der Waals surface area contributed by atoms with Gasteiger partial charge in [-0.25, -0.2) is 18.6 Å². The Bertz CT molecular complexity index is 460. The van der Waals surface area contributed by atoms with Crippen molar-refractivity contribution in [3.05, 3.63) is 26.6 Å². The largest absolute Gasteiger partial charge is 0.478 e. The van der Waals surface area contributed by atoms with Gasteiger partial charge in [-0.05, 0) is 22.6 Å². The van der Waals surface area contributed by atoms with Crippen molar-refractivity contribution in [2.75, 3.05) is 0 Å². The highest BCUT2D eigenvalue weighted by Crippen LogP contribution is 2.36. The SMILES string of the molecule is O=C(O)c1c(C(F)(F)F)ncc(I)c1C(F)F. The molecule has 0 aromatic carbocycles. The third kappa shape index (κ3) is 2.82. The van der Waals surface area contributed by atoms with Gasteiger partial charge >= 0.3 is 12.1 Å². The minimum atomic E-state index is -5.10. The predicted octanol–water partition coefficient (Wildman–Crippen LogP) is 3.34. The van der Waals surface area contributed by atoms with E-state index in [1.54, 1.807) is 0 Å². The van der Waals surface area contributed by atoms with Crippen LogP contribution in [-0.2, 0) is 6.18 Å². The minimum Gasteiger partial charge on any atom is -0.478 e. The van der Waals surface area contributed by atoms with Crippen LogP contribution in [0.25, 0.3) is 0 Å². The smallest absolute Gasteiger partial charge is 0.434 e. The lowest BCUT2D eigenvalue weighted by molar-refractivity contribution is -0.141. The Balaban J connectivity index is 3.66. The average molecular weight is 367 g/mol. The van der Waals surface area contributed by atoms with Crippen LogP contribution in [0, 0.1) is 3.57 Å². The predicted molar refractivity (Wildman–Crippen MR) is 53.9 cm³/mol. The fourth-order valence-electron chi connectivity index (χ4n) is 1.15. The molecule has 0 saturated carbocycles. The number of halogens is 6. The van der Waals surface area contributed by atoms with E-state index in [4.69, 9.17) is 5.11 Å². The molecule has 9 heteroatoms. The van der Waals surface area contributed by atoms with E-state index in [-0.39, 0.29) is 3.57 Å². The average Bonchev–Trinajstić information content (AvgIpc) is 2.14. The van der Waals surface area contributed by atoms with Crippen molar-refractivity contribution < 1.29 is 31.9 Å². The molecule has 0 amide bonds. The number of nitrogens with zero attached hydrogens (tertiary/aromatic N) is 1. The van der Waals surface area contributed by atoms with Gasteiger partial charge in [0.05, 0.1) is 0 Å². The Morgan fingerprint density at radius 3 is 2.29 bits per heavy atom. The summed E-state index contributed by atoms with van der Waals surface area (Å²) in [6.45, 7) is 0. The van der Waals surface area contributed by atoms with Crippen LogP contribution < -0.4 is 0 Å². The van der Waals surface area contributed by atoms with Crippen LogP contribution in [0.15, 0.2) is 6.20 Å². The summed E-state index contributed by atoms with van der Waals surface area (Å²) in [5.41, 5.74) is -4.49. The standard InChI is InChI=1S/C8H3F5INO2/c9-6(10)3-2(14)1-15-5(8(11,12)13)4(3)7(16)17/h1,6H,(H,16,17). The third-order valence-electron chi connectivity index (χ3n) is 1.77. The number of hydrogen-bond donors (Lipinski definition) is 1. The number of carbonyl (C=O) groups is 1. The second kappa shape index (κ2) is 4.70. The van der Waals surface area contributed by atoms with Gasteiger partial charge in [0.15, 0.2) is 5.69 Å². The molecule has 0 aliphatic heterocycles. The monoisotopic (exact) mass is 367 g/mol. The summed E-state index contributed by atoms with van der Waals surface area (Å²) in [5.74, 6) is -2.08. The molecule has 0 fully saturated rings. The van der Waals surface area contributed by atoms with Gasteiger partial charge in [0.2, 0.25) is 0 Å². The number of pyridine rings is 1. The topological polar surface area (TPSA) is 50.2 Å². The lowest BCUT2D eigenvalue weighted by Gasteiger charge is -2.13. The first-order chi connectivity index (χ1) is 7.66. The van der Waals surface area contributed by atoms with E-state index in [9.17, 15) is 26.7 Å². The van der Waals surface area contributed by atoms with Crippen molar-refractivity contribution in [3.8, 4) is 0 Å². The number of rotatable bonds is 2. The zero-order chi connectivity index (χ0) is 13.4. The van der Waals surface area contributed by atoms with Gasteiger partial charge in [-0.15, -0.1) is 0 Å². The Kier molecular flexibility index (Phi) is 3.89. The quantitative estimate of drug-likeness (QED) is 0.645. The summed E-state index contributed by atoms with van der Waals surface area (Å²) in [4.78, 5) is 13.5. The number of alkyl halides is 5. The van der Waals surface area contributed by atoms with Gasteiger partial charge in [-0.1, -0.05) is 0 Å². The van der Waals surface area contributed by atoms with Gasteiger partial charge in [0.25, 0.3) is 6.43 Å². The van der Waals surface area contributed by atoms with Crippen molar-refractivity contribution in [3.63, 3.8) is 0 Å². The Labute approximate surface area is 105 Å². The molecule has 0 aliphatic carbocycles. The van der Waals surface area contributed by atoms with Crippen LogP contribution in [0.2, 0.25) is 0 Å². The Morgan fingerprint density at radius 1 is 1.41 bits per heavy atom. The zero-order valence-corrected chi connectivity index (χ0v) is 9.88. The minimum absolute atomic E-state index is 0.331. The number of carboxylic acids is 1. The maximum Gasteiger partial charge on any atom is 0.434 e. The number of aromatic nitrogens is 1. The van der Waals surface area contributed by atoms with Gasteiger partial charge in [0, 0.05) is 15.3 Å². The molecule has 1 rings (SSSR count). The molecular formula is C8H3F5INO2. The van der Waals surface area contributed by atoms with Crippen molar-refractivity contribution in [2.45, 2.75) is 12.6 Å². The highest BCUT2D eigenvalue weighted by atomic mass is 127. The highest BCUT2D eigenvalue weighted by molar-refractivity contribution is 14.1. The second-order valence-corrected chi connectivity index (χ2v) is 4.01. The van der Waals surface area contributed by atoms with E-state index in [0.717, 1.165) is 0 Å². The molecule has 1 heterocycles. The first kappa shape index (κ1) is 14.1. The molecule has 0 atom stereocenters. The number of carboxylic acid groups (broad SMARTS) is 1. The van der Waals surface area contributed by atoms with E-state index in [0.29, 0.717) is 6.20 Å². The zero-order valence-electron chi connectivity index (χ0n) is 7.73. The summed E-state index contributed by atoms with van der Waals surface area (Å²) < 4.78 is 62.0. The maximum atomic E-state index is 12.6. The second-order valence-electron chi connectivity index (χ2n) is 2.85. The van der Waals surface area contributed by atoms with Crippen LogP contribution in [0.5, 0.6) is 0 Å². The fourth-order valence-corrected chi connectivity index (χ4v) is 1.79. The summed E-state index contributed by atoms with van der Waals surface area (Å²) in [7, 11) is 0. The van der Waals surface area contributed by atoms with Crippen LogP contribution in [0.1, 0.15) is 28.0 Å². The molecule has 17 heavy (non-hydrogen) atoms. The van der Waals surface area contributed by atoms with E-state index >= 15 is 0 Å². The summed E-state index contributed by atoms with van der Waals surface area (Å²) in [6, 6.07) is 0. The molecule has 1 aromatic heterocycles. The molecule has 3 nitrogen and oxygen atoms in total. The summed E-state index contributed by atoms with van der Waals surface area (Å²) in [6.07, 6.45) is -7.85. The normalized spacial score (nSPS) is 11.9. The molecule has 1 aromatic rings. The van der Waals surface area contributed by atoms with E-state index in [2.05, 4.69) is 4.98 Å². The fraction of sp³-hybridized carbons (Fsp3) is 0.250. The van der Waals surface area contributed by atoms with E-state index in [1.165, 1.54) is 22.6 Å². The Morgan fingerprint density at radius 2 is 1.94 bits per heavy atom. The molecule has 0 radical (unpaired) electrons. The number of hydrogen-bond acceptors (Lipinski definition) is 2. The van der Waals surface area contributed by atoms with Gasteiger partial charge in [-0.3, -0.25) is 0 Å².